The summed E-state index contributed by atoms with van der Waals surface area (Å²) in [6.45, 7) is 8.98. The number of rotatable bonds is 6. The highest BCUT2D eigenvalue weighted by molar-refractivity contribution is 5.30. The van der Waals surface area contributed by atoms with Crippen molar-refractivity contribution in [1.29, 1.82) is 0 Å². The molecule has 1 atom stereocenters. The molecule has 0 unspecified atom stereocenters. The van der Waals surface area contributed by atoms with Gasteiger partial charge in [-0.1, -0.05) is 45.0 Å². The maximum absolute atomic E-state index is 13.3. The van der Waals surface area contributed by atoms with Gasteiger partial charge in [0.2, 0.25) is 0 Å². The summed E-state index contributed by atoms with van der Waals surface area (Å²) < 4.78 is 19.2. The zero-order valence-electron chi connectivity index (χ0n) is 13.9. The summed E-state index contributed by atoms with van der Waals surface area (Å²) >= 11 is 0. The van der Waals surface area contributed by atoms with E-state index in [0.717, 1.165) is 12.2 Å². The largest absolute Gasteiger partial charge is 0.494 e. The van der Waals surface area contributed by atoms with Gasteiger partial charge in [0.1, 0.15) is 11.6 Å². The van der Waals surface area contributed by atoms with Gasteiger partial charge in [-0.2, -0.15) is 0 Å². The smallest absolute Gasteiger partial charge is 0.126 e. The Bertz CT molecular complexity index is 619. The summed E-state index contributed by atoms with van der Waals surface area (Å²) in [5, 5.41) is 0. The van der Waals surface area contributed by atoms with Crippen LogP contribution in [-0.2, 0) is 0 Å². The van der Waals surface area contributed by atoms with E-state index in [0.29, 0.717) is 24.0 Å². The zero-order valence-corrected chi connectivity index (χ0v) is 13.9. The predicted octanol–water partition coefficient (Wildman–Crippen LogP) is 5.83. The van der Waals surface area contributed by atoms with Gasteiger partial charge in [-0.05, 0) is 60.1 Å². The van der Waals surface area contributed by atoms with Crippen molar-refractivity contribution in [3.63, 3.8) is 0 Å². The number of benzene rings is 2. The zero-order chi connectivity index (χ0) is 16.1. The molecule has 0 amide bonds. The lowest BCUT2D eigenvalue weighted by atomic mass is 9.96. The Morgan fingerprint density at radius 2 is 1.77 bits per heavy atom. The fourth-order valence-electron chi connectivity index (χ4n) is 2.46. The molecule has 0 aliphatic heterocycles. The molecule has 0 spiro atoms. The predicted molar refractivity (Wildman–Crippen MR) is 90.2 cm³/mol. The molecule has 22 heavy (non-hydrogen) atoms. The van der Waals surface area contributed by atoms with Crippen LogP contribution in [0.1, 0.15) is 55.7 Å². The van der Waals surface area contributed by atoms with Gasteiger partial charge < -0.3 is 4.74 Å². The van der Waals surface area contributed by atoms with E-state index in [9.17, 15) is 4.39 Å². The average Bonchev–Trinajstić information content (AvgIpc) is 2.50. The van der Waals surface area contributed by atoms with E-state index < -0.39 is 0 Å². The van der Waals surface area contributed by atoms with Crippen molar-refractivity contribution >= 4 is 0 Å². The first-order valence-corrected chi connectivity index (χ1v) is 7.96. The number of hydrogen-bond donors (Lipinski definition) is 0. The van der Waals surface area contributed by atoms with Crippen molar-refractivity contribution in [2.45, 2.75) is 46.0 Å². The Kier molecular flexibility index (Phi) is 5.59. The van der Waals surface area contributed by atoms with E-state index in [4.69, 9.17) is 4.74 Å². The minimum Gasteiger partial charge on any atom is -0.494 e. The van der Waals surface area contributed by atoms with Crippen molar-refractivity contribution < 1.29 is 9.13 Å². The summed E-state index contributed by atoms with van der Waals surface area (Å²) in [6, 6.07) is 13.6. The van der Waals surface area contributed by atoms with Crippen molar-refractivity contribution in [1.82, 2.24) is 0 Å². The van der Waals surface area contributed by atoms with Crippen LogP contribution in [0.25, 0.3) is 0 Å². The summed E-state index contributed by atoms with van der Waals surface area (Å²) in [5.74, 6) is 1.64. The van der Waals surface area contributed by atoms with Gasteiger partial charge in [-0.3, -0.25) is 0 Å². The second-order valence-corrected chi connectivity index (χ2v) is 6.27. The van der Waals surface area contributed by atoms with Crippen LogP contribution in [0.2, 0.25) is 0 Å². The fourth-order valence-corrected chi connectivity index (χ4v) is 2.46. The van der Waals surface area contributed by atoms with E-state index in [-0.39, 0.29) is 5.82 Å². The second kappa shape index (κ2) is 7.44. The first-order valence-electron chi connectivity index (χ1n) is 7.96. The molecule has 0 fully saturated rings. The van der Waals surface area contributed by atoms with Crippen molar-refractivity contribution in [3.8, 4) is 5.75 Å². The maximum atomic E-state index is 13.3. The number of aryl methyl sites for hydroxylation is 1. The van der Waals surface area contributed by atoms with Crippen molar-refractivity contribution in [2.24, 2.45) is 0 Å². The lowest BCUT2D eigenvalue weighted by molar-refractivity contribution is 0.300. The van der Waals surface area contributed by atoms with Crippen LogP contribution in [0, 0.1) is 12.7 Å². The Labute approximate surface area is 133 Å². The van der Waals surface area contributed by atoms with Gasteiger partial charge in [0.15, 0.2) is 0 Å². The topological polar surface area (TPSA) is 9.23 Å². The number of ether oxygens (including phenoxy) is 1. The van der Waals surface area contributed by atoms with Crippen LogP contribution < -0.4 is 4.74 Å². The highest BCUT2D eigenvalue weighted by Gasteiger charge is 2.08. The molecular formula is C20H25FO. The van der Waals surface area contributed by atoms with Crippen LogP contribution >= 0.6 is 0 Å². The van der Waals surface area contributed by atoms with E-state index >= 15 is 0 Å². The molecule has 0 aliphatic rings. The molecule has 0 aromatic heterocycles. The second-order valence-electron chi connectivity index (χ2n) is 6.27. The minimum atomic E-state index is -0.141. The third-order valence-electron chi connectivity index (χ3n) is 4.10. The van der Waals surface area contributed by atoms with Crippen LogP contribution in [0.15, 0.2) is 42.5 Å². The maximum Gasteiger partial charge on any atom is 0.126 e. The molecule has 0 heterocycles. The molecule has 2 rings (SSSR count). The first kappa shape index (κ1) is 16.5. The van der Waals surface area contributed by atoms with Crippen LogP contribution in [0.4, 0.5) is 4.39 Å². The monoisotopic (exact) mass is 300 g/mol. The summed E-state index contributed by atoms with van der Waals surface area (Å²) in [7, 11) is 0. The molecule has 0 saturated heterocycles. The first-order chi connectivity index (χ1) is 10.5. The third-order valence-corrected chi connectivity index (χ3v) is 4.10. The molecule has 118 valence electrons. The van der Waals surface area contributed by atoms with Gasteiger partial charge in [-0.25, -0.2) is 4.39 Å². The lowest BCUT2D eigenvalue weighted by Gasteiger charge is -2.14. The van der Waals surface area contributed by atoms with Gasteiger partial charge in [0.25, 0.3) is 0 Å². The molecule has 0 radical (unpaired) electrons. The van der Waals surface area contributed by atoms with E-state index in [1.807, 2.05) is 24.3 Å². The van der Waals surface area contributed by atoms with Gasteiger partial charge in [-0.15, -0.1) is 0 Å². The van der Waals surface area contributed by atoms with E-state index in [2.05, 4.69) is 32.9 Å². The summed E-state index contributed by atoms with van der Waals surface area (Å²) in [6.07, 6.45) is 0.914. The van der Waals surface area contributed by atoms with E-state index in [1.54, 1.807) is 13.0 Å². The quantitative estimate of drug-likeness (QED) is 0.652. The summed E-state index contributed by atoms with van der Waals surface area (Å²) in [5.41, 5.74) is 3.16. The van der Waals surface area contributed by atoms with Crippen LogP contribution in [0.5, 0.6) is 5.75 Å². The van der Waals surface area contributed by atoms with Crippen molar-refractivity contribution in [2.75, 3.05) is 6.61 Å². The third kappa shape index (κ3) is 4.33. The molecule has 2 aromatic carbocycles. The van der Waals surface area contributed by atoms with Crippen LogP contribution in [-0.4, -0.2) is 6.61 Å². The Morgan fingerprint density at radius 1 is 1.00 bits per heavy atom. The average molecular weight is 300 g/mol. The number of halogens is 1. The lowest BCUT2D eigenvalue weighted by Crippen LogP contribution is -2.04. The molecular weight excluding hydrogens is 275 g/mol. The Balaban J connectivity index is 1.90. The Hall–Kier alpha value is -1.83. The SMILES string of the molecule is Cc1cc([C@@H](C)CCOc2cccc(C(C)C)c2)ccc1F. The molecule has 2 aromatic rings. The Morgan fingerprint density at radius 3 is 2.45 bits per heavy atom. The molecule has 2 heteroatoms. The fraction of sp³-hybridized carbons (Fsp3) is 0.400. The molecule has 0 saturated carbocycles. The van der Waals surface area contributed by atoms with Crippen LogP contribution in [0.3, 0.4) is 0 Å². The van der Waals surface area contributed by atoms with E-state index in [1.165, 1.54) is 11.1 Å². The highest BCUT2D eigenvalue weighted by atomic mass is 19.1. The molecule has 0 N–H and O–H groups in total. The molecule has 1 nitrogen and oxygen atoms in total. The van der Waals surface area contributed by atoms with Gasteiger partial charge in [0.05, 0.1) is 6.61 Å². The van der Waals surface area contributed by atoms with Gasteiger partial charge >= 0.3 is 0 Å². The number of hydrogen-bond acceptors (Lipinski definition) is 1. The minimum absolute atomic E-state index is 0.141. The molecule has 0 aliphatic carbocycles. The summed E-state index contributed by atoms with van der Waals surface area (Å²) in [4.78, 5) is 0. The van der Waals surface area contributed by atoms with Crippen molar-refractivity contribution in [3.05, 3.63) is 65.0 Å². The molecule has 0 bridgehead atoms. The normalized spacial score (nSPS) is 12.5. The highest BCUT2D eigenvalue weighted by Crippen LogP contribution is 2.23. The standard InChI is InChI=1S/C20H25FO/c1-14(2)17-6-5-7-19(13-17)22-11-10-15(3)18-8-9-20(21)16(4)12-18/h5-9,12-15H,10-11H2,1-4H3/t15-/m0/s1. The van der Waals surface area contributed by atoms with Gasteiger partial charge in [0, 0.05) is 0 Å².